The molecule has 21 heavy (non-hydrogen) atoms. The molecule has 0 aliphatic carbocycles. The Morgan fingerprint density at radius 1 is 1.38 bits per heavy atom. The second-order valence-corrected chi connectivity index (χ2v) is 5.37. The molecule has 2 aromatic rings. The molecule has 1 aliphatic heterocycles. The van der Waals surface area contributed by atoms with Gasteiger partial charge in [0.15, 0.2) is 0 Å². The fraction of sp³-hybridized carbons (Fsp3) is 0.400. The number of likely N-dealkylation sites (tertiary alicyclic amines) is 1. The Bertz CT molecular complexity index is 583. The molecule has 2 atom stereocenters. The van der Waals surface area contributed by atoms with Gasteiger partial charge in [-0.3, -0.25) is 14.4 Å². The van der Waals surface area contributed by atoms with E-state index in [2.05, 4.69) is 15.0 Å². The Labute approximate surface area is 123 Å². The number of amides is 1. The molecule has 6 heteroatoms. The van der Waals surface area contributed by atoms with Crippen LogP contribution in [-0.4, -0.2) is 38.2 Å². The van der Waals surface area contributed by atoms with E-state index in [4.69, 9.17) is 5.73 Å². The Hall–Kier alpha value is -2.21. The van der Waals surface area contributed by atoms with Gasteiger partial charge in [0.05, 0.1) is 6.54 Å². The number of carbonyl (C=O) groups excluding carboxylic acids is 1. The SMILES string of the molecule is NC(=O)[C@H](c1ccccc1)N1CCC[C@H]1Cn1cncn1. The number of nitrogens with two attached hydrogens (primary N) is 1. The van der Waals surface area contributed by atoms with Crippen molar-refractivity contribution in [1.82, 2.24) is 19.7 Å². The topological polar surface area (TPSA) is 77.0 Å². The number of hydrogen-bond acceptors (Lipinski definition) is 4. The number of primary amides is 1. The number of nitrogens with zero attached hydrogens (tertiary/aromatic N) is 4. The van der Waals surface area contributed by atoms with Crippen LogP contribution in [0.15, 0.2) is 43.0 Å². The van der Waals surface area contributed by atoms with Crippen LogP contribution in [0.25, 0.3) is 0 Å². The Kier molecular flexibility index (Phi) is 3.96. The highest BCUT2D eigenvalue weighted by molar-refractivity contribution is 5.81. The maximum atomic E-state index is 12.0. The molecule has 3 rings (SSSR count). The molecule has 1 aromatic carbocycles. The number of rotatable bonds is 5. The Morgan fingerprint density at radius 2 is 2.19 bits per heavy atom. The lowest BCUT2D eigenvalue weighted by Gasteiger charge is -2.31. The summed E-state index contributed by atoms with van der Waals surface area (Å²) in [5.74, 6) is -0.299. The second-order valence-electron chi connectivity index (χ2n) is 5.37. The molecule has 0 spiro atoms. The molecule has 110 valence electrons. The molecule has 1 aromatic heterocycles. The molecule has 0 radical (unpaired) electrons. The first-order valence-electron chi connectivity index (χ1n) is 7.18. The van der Waals surface area contributed by atoms with Crippen molar-refractivity contribution in [1.29, 1.82) is 0 Å². The van der Waals surface area contributed by atoms with E-state index in [9.17, 15) is 4.79 Å². The lowest BCUT2D eigenvalue weighted by atomic mass is 10.0. The van der Waals surface area contributed by atoms with Crippen LogP contribution in [0, 0.1) is 0 Å². The zero-order valence-corrected chi connectivity index (χ0v) is 11.8. The molecule has 0 unspecified atom stereocenters. The zero-order valence-electron chi connectivity index (χ0n) is 11.8. The van der Waals surface area contributed by atoms with Gasteiger partial charge >= 0.3 is 0 Å². The summed E-state index contributed by atoms with van der Waals surface area (Å²) in [4.78, 5) is 18.1. The first-order valence-corrected chi connectivity index (χ1v) is 7.18. The van der Waals surface area contributed by atoms with E-state index in [1.807, 2.05) is 35.0 Å². The van der Waals surface area contributed by atoms with Gasteiger partial charge in [-0.05, 0) is 24.9 Å². The fourth-order valence-electron chi connectivity index (χ4n) is 3.09. The van der Waals surface area contributed by atoms with Crippen molar-refractivity contribution in [2.75, 3.05) is 6.54 Å². The summed E-state index contributed by atoms with van der Waals surface area (Å²) in [5.41, 5.74) is 6.62. The van der Waals surface area contributed by atoms with Gasteiger partial charge in [0.2, 0.25) is 5.91 Å². The molecule has 2 N–H and O–H groups in total. The van der Waals surface area contributed by atoms with E-state index < -0.39 is 0 Å². The summed E-state index contributed by atoms with van der Waals surface area (Å²) in [6.45, 7) is 1.61. The summed E-state index contributed by atoms with van der Waals surface area (Å²) in [5, 5.41) is 4.15. The molecule has 1 amide bonds. The van der Waals surface area contributed by atoms with Gasteiger partial charge in [0, 0.05) is 6.04 Å². The molecule has 6 nitrogen and oxygen atoms in total. The van der Waals surface area contributed by atoms with Gasteiger partial charge in [0.1, 0.15) is 18.7 Å². The Balaban J connectivity index is 1.83. The molecule has 0 saturated carbocycles. The predicted molar refractivity (Wildman–Crippen MR) is 78.1 cm³/mol. The number of aromatic nitrogens is 3. The molecule has 1 aliphatic rings. The summed E-state index contributed by atoms with van der Waals surface area (Å²) < 4.78 is 1.81. The normalized spacial score (nSPS) is 20.5. The lowest BCUT2D eigenvalue weighted by molar-refractivity contribution is -0.124. The number of hydrogen-bond donors (Lipinski definition) is 1. The van der Waals surface area contributed by atoms with Gasteiger partial charge in [0.25, 0.3) is 0 Å². The molecular weight excluding hydrogens is 266 g/mol. The van der Waals surface area contributed by atoms with Gasteiger partial charge in [-0.2, -0.15) is 5.10 Å². The van der Waals surface area contributed by atoms with E-state index in [0.29, 0.717) is 0 Å². The van der Waals surface area contributed by atoms with Crippen LogP contribution in [0.5, 0.6) is 0 Å². The smallest absolute Gasteiger partial charge is 0.239 e. The van der Waals surface area contributed by atoms with E-state index in [1.54, 1.807) is 6.33 Å². The van der Waals surface area contributed by atoms with Crippen LogP contribution in [0.1, 0.15) is 24.4 Å². The third kappa shape index (κ3) is 2.95. The van der Waals surface area contributed by atoms with E-state index in [0.717, 1.165) is 31.5 Å². The summed E-state index contributed by atoms with van der Waals surface area (Å²) in [6, 6.07) is 9.62. The van der Waals surface area contributed by atoms with Crippen molar-refractivity contribution in [2.24, 2.45) is 5.73 Å². The van der Waals surface area contributed by atoms with Crippen LogP contribution < -0.4 is 5.73 Å². The van der Waals surface area contributed by atoms with Crippen molar-refractivity contribution in [3.05, 3.63) is 48.5 Å². The minimum atomic E-state index is -0.373. The molecule has 2 heterocycles. The second kappa shape index (κ2) is 6.05. The number of carbonyl (C=O) groups is 1. The fourth-order valence-corrected chi connectivity index (χ4v) is 3.09. The van der Waals surface area contributed by atoms with Gasteiger partial charge in [-0.1, -0.05) is 30.3 Å². The minimum absolute atomic E-state index is 0.254. The van der Waals surface area contributed by atoms with Gasteiger partial charge in [-0.25, -0.2) is 4.98 Å². The predicted octanol–water partition coefficient (Wildman–Crippen LogP) is 0.969. The molecule has 1 fully saturated rings. The van der Waals surface area contributed by atoms with E-state index in [1.165, 1.54) is 6.33 Å². The maximum Gasteiger partial charge on any atom is 0.239 e. The maximum absolute atomic E-state index is 12.0. The van der Waals surface area contributed by atoms with Crippen LogP contribution in [0.4, 0.5) is 0 Å². The standard InChI is InChI=1S/C15H19N5O/c16-15(21)14(12-5-2-1-3-6-12)20-8-4-7-13(20)9-19-11-17-10-18-19/h1-3,5-6,10-11,13-14H,4,7-9H2,(H2,16,21)/t13-,14-/m0/s1. The summed E-state index contributed by atoms with van der Waals surface area (Å²) in [7, 11) is 0. The average molecular weight is 285 g/mol. The van der Waals surface area contributed by atoms with Crippen molar-refractivity contribution in [3.63, 3.8) is 0 Å². The van der Waals surface area contributed by atoms with Crippen molar-refractivity contribution < 1.29 is 4.79 Å². The summed E-state index contributed by atoms with van der Waals surface area (Å²) >= 11 is 0. The highest BCUT2D eigenvalue weighted by Crippen LogP contribution is 2.30. The quantitative estimate of drug-likeness (QED) is 0.888. The Morgan fingerprint density at radius 3 is 2.86 bits per heavy atom. The third-order valence-electron chi connectivity index (χ3n) is 4.00. The van der Waals surface area contributed by atoms with Crippen LogP contribution in [0.2, 0.25) is 0 Å². The largest absolute Gasteiger partial charge is 0.368 e. The van der Waals surface area contributed by atoms with E-state index in [-0.39, 0.29) is 18.0 Å². The van der Waals surface area contributed by atoms with Crippen LogP contribution in [0.3, 0.4) is 0 Å². The average Bonchev–Trinajstić information content (AvgIpc) is 3.13. The third-order valence-corrected chi connectivity index (χ3v) is 4.00. The molecule has 1 saturated heterocycles. The zero-order chi connectivity index (χ0) is 14.7. The highest BCUT2D eigenvalue weighted by atomic mass is 16.1. The first kappa shape index (κ1) is 13.8. The highest BCUT2D eigenvalue weighted by Gasteiger charge is 2.34. The lowest BCUT2D eigenvalue weighted by Crippen LogP contribution is -2.42. The van der Waals surface area contributed by atoms with Crippen molar-refractivity contribution in [2.45, 2.75) is 31.5 Å². The molecular formula is C15H19N5O. The minimum Gasteiger partial charge on any atom is -0.368 e. The van der Waals surface area contributed by atoms with Gasteiger partial charge in [-0.15, -0.1) is 0 Å². The number of benzene rings is 1. The summed E-state index contributed by atoms with van der Waals surface area (Å²) in [6.07, 6.45) is 5.34. The van der Waals surface area contributed by atoms with Gasteiger partial charge < -0.3 is 5.73 Å². The monoisotopic (exact) mass is 285 g/mol. The van der Waals surface area contributed by atoms with Crippen LogP contribution in [-0.2, 0) is 11.3 Å². The van der Waals surface area contributed by atoms with Crippen molar-refractivity contribution in [3.8, 4) is 0 Å². The van der Waals surface area contributed by atoms with Crippen LogP contribution >= 0.6 is 0 Å². The first-order chi connectivity index (χ1) is 10.3. The van der Waals surface area contributed by atoms with Crippen molar-refractivity contribution >= 4 is 5.91 Å². The van der Waals surface area contributed by atoms with E-state index >= 15 is 0 Å². The molecule has 0 bridgehead atoms.